The molecule has 1 aliphatic heterocycles. The molecule has 0 unspecified atom stereocenters. The number of pyridine rings is 1. The van der Waals surface area contributed by atoms with E-state index < -0.39 is 0 Å². The SMILES string of the molecule is COC[C@H]1CN(c2ccc3c(=O)n(CCc4cnc5nc(C)n(C)c5c4)c(C)nc3c2)CCO1. The molecule has 0 N–H and O–H groups in total. The molecule has 1 aliphatic rings. The van der Waals surface area contributed by atoms with Crippen molar-refractivity contribution in [2.75, 3.05) is 38.3 Å². The number of fused-ring (bicyclic) bond motifs is 2. The van der Waals surface area contributed by atoms with Gasteiger partial charge in [0.15, 0.2) is 5.65 Å². The number of aromatic nitrogens is 5. The zero-order valence-electron chi connectivity index (χ0n) is 20.1. The van der Waals surface area contributed by atoms with Crippen molar-refractivity contribution in [1.82, 2.24) is 24.1 Å². The van der Waals surface area contributed by atoms with E-state index in [1.54, 1.807) is 11.7 Å². The van der Waals surface area contributed by atoms with Gasteiger partial charge in [0.2, 0.25) is 0 Å². The maximum absolute atomic E-state index is 13.3. The summed E-state index contributed by atoms with van der Waals surface area (Å²) in [5.41, 5.74) is 4.56. The molecule has 0 radical (unpaired) electrons. The quantitative estimate of drug-likeness (QED) is 0.435. The number of aryl methyl sites for hydroxylation is 4. The molecule has 4 aromatic rings. The molecule has 0 amide bonds. The van der Waals surface area contributed by atoms with Crippen LogP contribution in [0, 0.1) is 13.8 Å². The molecule has 9 nitrogen and oxygen atoms in total. The Kier molecular flexibility index (Phi) is 6.05. The fraction of sp³-hybridized carbons (Fsp3) is 0.440. The van der Waals surface area contributed by atoms with Gasteiger partial charge < -0.3 is 18.9 Å². The van der Waals surface area contributed by atoms with Crippen molar-refractivity contribution < 1.29 is 9.47 Å². The van der Waals surface area contributed by atoms with Crippen LogP contribution in [0.2, 0.25) is 0 Å². The summed E-state index contributed by atoms with van der Waals surface area (Å²) in [6.07, 6.45) is 2.57. The molecule has 1 saturated heterocycles. The summed E-state index contributed by atoms with van der Waals surface area (Å²) in [6.45, 7) is 7.17. The van der Waals surface area contributed by atoms with Crippen LogP contribution >= 0.6 is 0 Å². The van der Waals surface area contributed by atoms with E-state index in [2.05, 4.69) is 20.9 Å². The van der Waals surface area contributed by atoms with Crippen molar-refractivity contribution >= 4 is 27.8 Å². The van der Waals surface area contributed by atoms with Gasteiger partial charge in [-0.25, -0.2) is 15.0 Å². The number of benzene rings is 1. The van der Waals surface area contributed by atoms with Gasteiger partial charge in [-0.3, -0.25) is 9.36 Å². The second kappa shape index (κ2) is 9.15. The van der Waals surface area contributed by atoms with Gasteiger partial charge in [0, 0.05) is 45.7 Å². The summed E-state index contributed by atoms with van der Waals surface area (Å²) < 4.78 is 14.8. The Morgan fingerprint density at radius 1 is 1.18 bits per heavy atom. The van der Waals surface area contributed by atoms with Crippen molar-refractivity contribution in [3.8, 4) is 0 Å². The van der Waals surface area contributed by atoms with Gasteiger partial charge in [0.25, 0.3) is 5.56 Å². The van der Waals surface area contributed by atoms with Crippen LogP contribution in [0.25, 0.3) is 22.1 Å². The van der Waals surface area contributed by atoms with Gasteiger partial charge in [0.05, 0.1) is 35.7 Å². The van der Waals surface area contributed by atoms with Crippen molar-refractivity contribution in [2.45, 2.75) is 32.9 Å². The van der Waals surface area contributed by atoms with Gasteiger partial charge >= 0.3 is 0 Å². The van der Waals surface area contributed by atoms with Crippen LogP contribution < -0.4 is 10.5 Å². The van der Waals surface area contributed by atoms with E-state index in [0.29, 0.717) is 37.4 Å². The average Bonchev–Trinajstić information content (AvgIpc) is 3.12. The van der Waals surface area contributed by atoms with Crippen LogP contribution in [0.15, 0.2) is 35.3 Å². The molecule has 3 aromatic heterocycles. The van der Waals surface area contributed by atoms with Gasteiger partial charge in [-0.2, -0.15) is 0 Å². The lowest BCUT2D eigenvalue weighted by atomic mass is 10.1. The number of ether oxygens (including phenoxy) is 2. The Hall–Kier alpha value is -3.30. The van der Waals surface area contributed by atoms with Crippen LogP contribution in [-0.2, 0) is 29.5 Å². The van der Waals surface area contributed by atoms with Crippen molar-refractivity contribution in [2.24, 2.45) is 7.05 Å². The molecular weight excluding hydrogens is 432 g/mol. The standard InChI is InChI=1S/C25H30N6O3/c1-16-28-24-23(29(16)3)11-18(13-26-24)7-8-31-17(2)27-22-12-19(5-6-21(22)25(31)32)30-9-10-34-20(14-30)15-33-4/h5-6,11-13,20H,7-10,14-15H2,1-4H3/t20-/m1/s1. The molecule has 1 fully saturated rings. The summed E-state index contributed by atoms with van der Waals surface area (Å²) in [7, 11) is 3.67. The van der Waals surface area contributed by atoms with E-state index in [0.717, 1.165) is 46.8 Å². The predicted molar refractivity (Wildman–Crippen MR) is 132 cm³/mol. The molecule has 34 heavy (non-hydrogen) atoms. The summed E-state index contributed by atoms with van der Waals surface area (Å²) in [6, 6.07) is 8.00. The Balaban J connectivity index is 1.39. The third-order valence-corrected chi connectivity index (χ3v) is 6.63. The second-order valence-corrected chi connectivity index (χ2v) is 8.87. The highest BCUT2D eigenvalue weighted by Crippen LogP contribution is 2.22. The summed E-state index contributed by atoms with van der Waals surface area (Å²) >= 11 is 0. The Labute approximate surface area is 198 Å². The number of imidazole rings is 1. The number of hydrogen-bond acceptors (Lipinski definition) is 7. The molecule has 178 valence electrons. The van der Waals surface area contributed by atoms with E-state index in [1.807, 2.05) is 49.9 Å². The van der Waals surface area contributed by atoms with Gasteiger partial charge in [0.1, 0.15) is 11.6 Å². The van der Waals surface area contributed by atoms with E-state index in [4.69, 9.17) is 14.5 Å². The number of methoxy groups -OCH3 is 1. The van der Waals surface area contributed by atoms with Crippen LogP contribution in [-0.4, -0.2) is 63.6 Å². The number of anilines is 1. The molecule has 0 saturated carbocycles. The molecule has 1 aromatic carbocycles. The smallest absolute Gasteiger partial charge is 0.261 e. The van der Waals surface area contributed by atoms with Crippen molar-refractivity contribution in [3.63, 3.8) is 0 Å². The first-order valence-electron chi connectivity index (χ1n) is 11.6. The molecule has 0 bridgehead atoms. The minimum absolute atomic E-state index is 0.0151. The number of rotatable bonds is 6. The Morgan fingerprint density at radius 3 is 2.85 bits per heavy atom. The highest BCUT2D eigenvalue weighted by atomic mass is 16.5. The fourth-order valence-electron chi connectivity index (χ4n) is 4.62. The number of morpholine rings is 1. The zero-order valence-corrected chi connectivity index (χ0v) is 20.1. The van der Waals surface area contributed by atoms with E-state index in [-0.39, 0.29) is 11.7 Å². The first kappa shape index (κ1) is 22.5. The molecule has 4 heterocycles. The fourth-order valence-corrected chi connectivity index (χ4v) is 4.62. The molecule has 0 aliphatic carbocycles. The summed E-state index contributed by atoms with van der Waals surface area (Å²) in [5, 5.41) is 0.631. The summed E-state index contributed by atoms with van der Waals surface area (Å²) in [4.78, 5) is 29.3. The van der Waals surface area contributed by atoms with E-state index in [1.165, 1.54) is 0 Å². The Morgan fingerprint density at radius 2 is 2.03 bits per heavy atom. The second-order valence-electron chi connectivity index (χ2n) is 8.87. The molecule has 9 heteroatoms. The molecular formula is C25H30N6O3. The Bertz CT molecular complexity index is 1410. The average molecular weight is 463 g/mol. The largest absolute Gasteiger partial charge is 0.382 e. The first-order chi connectivity index (χ1) is 16.4. The third-order valence-electron chi connectivity index (χ3n) is 6.63. The molecule has 1 atom stereocenters. The zero-order chi connectivity index (χ0) is 23.8. The first-order valence-corrected chi connectivity index (χ1v) is 11.6. The van der Waals surface area contributed by atoms with Crippen LogP contribution in [0.5, 0.6) is 0 Å². The maximum atomic E-state index is 13.3. The third kappa shape index (κ3) is 4.17. The highest BCUT2D eigenvalue weighted by Gasteiger charge is 2.21. The predicted octanol–water partition coefficient (Wildman–Crippen LogP) is 2.39. The lowest BCUT2D eigenvalue weighted by molar-refractivity contribution is -0.0100. The van der Waals surface area contributed by atoms with Crippen LogP contribution in [0.3, 0.4) is 0 Å². The van der Waals surface area contributed by atoms with E-state index in [9.17, 15) is 4.79 Å². The minimum Gasteiger partial charge on any atom is -0.382 e. The van der Waals surface area contributed by atoms with Gasteiger partial charge in [-0.05, 0) is 50.1 Å². The monoisotopic (exact) mass is 462 g/mol. The highest BCUT2D eigenvalue weighted by molar-refractivity contribution is 5.81. The summed E-state index contributed by atoms with van der Waals surface area (Å²) in [5.74, 6) is 1.63. The minimum atomic E-state index is -0.0151. The number of hydrogen-bond donors (Lipinski definition) is 0. The lowest BCUT2D eigenvalue weighted by Crippen LogP contribution is -2.44. The normalized spacial score (nSPS) is 16.6. The number of nitrogens with zero attached hydrogens (tertiary/aromatic N) is 6. The lowest BCUT2D eigenvalue weighted by Gasteiger charge is -2.34. The van der Waals surface area contributed by atoms with Crippen LogP contribution in [0.1, 0.15) is 17.2 Å². The van der Waals surface area contributed by atoms with E-state index >= 15 is 0 Å². The topological polar surface area (TPSA) is 87.3 Å². The van der Waals surface area contributed by atoms with Crippen molar-refractivity contribution in [3.05, 3.63) is 58.0 Å². The molecule has 0 spiro atoms. The van der Waals surface area contributed by atoms with Crippen molar-refractivity contribution in [1.29, 1.82) is 0 Å². The van der Waals surface area contributed by atoms with Gasteiger partial charge in [-0.1, -0.05) is 0 Å². The molecule has 5 rings (SSSR count). The van der Waals surface area contributed by atoms with Crippen LogP contribution in [0.4, 0.5) is 5.69 Å². The maximum Gasteiger partial charge on any atom is 0.261 e. The van der Waals surface area contributed by atoms with Gasteiger partial charge in [-0.15, -0.1) is 0 Å².